The van der Waals surface area contributed by atoms with Crippen LogP contribution in [0, 0.1) is 5.82 Å². The van der Waals surface area contributed by atoms with Gasteiger partial charge >= 0.3 is 0 Å². The number of carbonyl (C=O) groups is 1. The van der Waals surface area contributed by atoms with Gasteiger partial charge in [-0.3, -0.25) is 4.79 Å². The fraction of sp³-hybridized carbons (Fsp3) is 0.500. The lowest BCUT2D eigenvalue weighted by Crippen LogP contribution is -2.38. The van der Waals surface area contributed by atoms with E-state index in [4.69, 9.17) is 0 Å². The SMILES string of the molecule is CCCN(CCNC(=O)Cc1cccc(F)c1)S(C)(=O)=O. The molecule has 0 radical (unpaired) electrons. The number of sulfonamides is 1. The van der Waals surface area contributed by atoms with Crippen LogP contribution >= 0.6 is 0 Å². The number of carbonyl (C=O) groups excluding carboxylic acids is 1. The summed E-state index contributed by atoms with van der Waals surface area (Å²) in [5, 5.41) is 2.64. The first-order valence-corrected chi connectivity index (χ1v) is 8.64. The fourth-order valence-corrected chi connectivity index (χ4v) is 2.84. The quantitative estimate of drug-likeness (QED) is 0.782. The third kappa shape index (κ3) is 6.68. The second kappa shape index (κ2) is 8.09. The van der Waals surface area contributed by atoms with Gasteiger partial charge in [0.05, 0.1) is 12.7 Å². The van der Waals surface area contributed by atoms with Crippen LogP contribution in [0.1, 0.15) is 18.9 Å². The first kappa shape index (κ1) is 17.6. The zero-order valence-electron chi connectivity index (χ0n) is 12.3. The molecule has 7 heteroatoms. The predicted octanol–water partition coefficient (Wildman–Crippen LogP) is 1.16. The van der Waals surface area contributed by atoms with E-state index in [0.717, 1.165) is 6.26 Å². The highest BCUT2D eigenvalue weighted by Crippen LogP contribution is 2.04. The Balaban J connectivity index is 2.42. The van der Waals surface area contributed by atoms with Crippen LogP contribution in [0.15, 0.2) is 24.3 Å². The summed E-state index contributed by atoms with van der Waals surface area (Å²) >= 11 is 0. The van der Waals surface area contributed by atoms with E-state index in [2.05, 4.69) is 5.32 Å². The molecular formula is C14H21FN2O3S. The Morgan fingerprint density at radius 2 is 2.05 bits per heavy atom. The van der Waals surface area contributed by atoms with E-state index < -0.39 is 10.0 Å². The van der Waals surface area contributed by atoms with E-state index in [1.54, 1.807) is 12.1 Å². The molecule has 5 nitrogen and oxygen atoms in total. The van der Waals surface area contributed by atoms with Crippen LogP contribution in [0.3, 0.4) is 0 Å². The minimum atomic E-state index is -3.26. The van der Waals surface area contributed by atoms with Gasteiger partial charge < -0.3 is 5.32 Å². The molecule has 0 atom stereocenters. The molecule has 0 unspecified atom stereocenters. The summed E-state index contributed by atoms with van der Waals surface area (Å²) < 4.78 is 37.3. The van der Waals surface area contributed by atoms with Gasteiger partial charge in [0.1, 0.15) is 5.82 Å². The lowest BCUT2D eigenvalue weighted by Gasteiger charge is -2.19. The summed E-state index contributed by atoms with van der Waals surface area (Å²) in [4.78, 5) is 11.7. The number of nitrogens with one attached hydrogen (secondary N) is 1. The number of nitrogens with zero attached hydrogens (tertiary/aromatic N) is 1. The van der Waals surface area contributed by atoms with Crippen molar-refractivity contribution in [2.45, 2.75) is 19.8 Å². The van der Waals surface area contributed by atoms with E-state index >= 15 is 0 Å². The zero-order valence-corrected chi connectivity index (χ0v) is 13.1. The van der Waals surface area contributed by atoms with Crippen molar-refractivity contribution >= 4 is 15.9 Å². The smallest absolute Gasteiger partial charge is 0.224 e. The third-order valence-corrected chi connectivity index (χ3v) is 4.18. The van der Waals surface area contributed by atoms with Gasteiger partial charge in [-0.15, -0.1) is 0 Å². The molecule has 1 N–H and O–H groups in total. The molecule has 21 heavy (non-hydrogen) atoms. The minimum Gasteiger partial charge on any atom is -0.354 e. The van der Waals surface area contributed by atoms with E-state index in [9.17, 15) is 17.6 Å². The summed E-state index contributed by atoms with van der Waals surface area (Å²) in [7, 11) is -3.26. The Bertz CT molecular complexity index is 575. The molecule has 0 aliphatic carbocycles. The lowest BCUT2D eigenvalue weighted by atomic mass is 10.1. The highest BCUT2D eigenvalue weighted by Gasteiger charge is 2.15. The summed E-state index contributed by atoms with van der Waals surface area (Å²) in [5.41, 5.74) is 0.584. The maximum Gasteiger partial charge on any atom is 0.224 e. The van der Waals surface area contributed by atoms with Crippen molar-refractivity contribution in [2.24, 2.45) is 0 Å². The van der Waals surface area contributed by atoms with Crippen molar-refractivity contribution in [2.75, 3.05) is 25.9 Å². The topological polar surface area (TPSA) is 66.5 Å². The van der Waals surface area contributed by atoms with Crippen LogP contribution < -0.4 is 5.32 Å². The van der Waals surface area contributed by atoms with Crippen molar-refractivity contribution in [3.8, 4) is 0 Å². The van der Waals surface area contributed by atoms with Crippen LogP contribution in [-0.2, 0) is 21.2 Å². The molecule has 0 spiro atoms. The van der Waals surface area contributed by atoms with Crippen LogP contribution in [-0.4, -0.2) is 44.5 Å². The Kier molecular flexibility index (Phi) is 6.77. The van der Waals surface area contributed by atoms with Crippen molar-refractivity contribution in [3.05, 3.63) is 35.6 Å². The normalized spacial score (nSPS) is 11.6. The van der Waals surface area contributed by atoms with E-state index in [-0.39, 0.29) is 31.2 Å². The molecule has 0 bridgehead atoms. The van der Waals surface area contributed by atoms with Gasteiger partial charge in [0.2, 0.25) is 15.9 Å². The monoisotopic (exact) mass is 316 g/mol. The van der Waals surface area contributed by atoms with Gasteiger partial charge in [0, 0.05) is 19.6 Å². The summed E-state index contributed by atoms with van der Waals surface area (Å²) in [6.45, 7) is 2.79. The minimum absolute atomic E-state index is 0.0738. The number of amides is 1. The Morgan fingerprint density at radius 1 is 1.33 bits per heavy atom. The molecule has 118 valence electrons. The molecule has 1 rings (SSSR count). The van der Waals surface area contributed by atoms with E-state index in [1.807, 2.05) is 6.92 Å². The molecule has 0 aliphatic rings. The average molecular weight is 316 g/mol. The highest BCUT2D eigenvalue weighted by molar-refractivity contribution is 7.88. The van der Waals surface area contributed by atoms with Crippen molar-refractivity contribution < 1.29 is 17.6 Å². The van der Waals surface area contributed by atoms with Crippen LogP contribution in [0.5, 0.6) is 0 Å². The average Bonchev–Trinajstić information content (AvgIpc) is 2.36. The summed E-state index contributed by atoms with van der Waals surface area (Å²) in [6.07, 6.45) is 1.94. The number of halogens is 1. The van der Waals surface area contributed by atoms with E-state index in [1.165, 1.54) is 16.4 Å². The Morgan fingerprint density at radius 3 is 2.62 bits per heavy atom. The maximum atomic E-state index is 13.0. The van der Waals surface area contributed by atoms with E-state index in [0.29, 0.717) is 18.5 Å². The van der Waals surface area contributed by atoms with Gasteiger partial charge in [-0.1, -0.05) is 19.1 Å². The second-order valence-corrected chi connectivity index (χ2v) is 6.80. The summed E-state index contributed by atoms with van der Waals surface area (Å²) in [6, 6.07) is 5.84. The molecule has 0 saturated heterocycles. The van der Waals surface area contributed by atoms with Crippen LogP contribution in [0.25, 0.3) is 0 Å². The first-order valence-electron chi connectivity index (χ1n) is 6.79. The maximum absolute atomic E-state index is 13.0. The third-order valence-electron chi connectivity index (χ3n) is 2.88. The van der Waals surface area contributed by atoms with Crippen LogP contribution in [0.4, 0.5) is 4.39 Å². The molecule has 1 aromatic carbocycles. The Hall–Kier alpha value is -1.47. The molecule has 1 aromatic rings. The largest absolute Gasteiger partial charge is 0.354 e. The zero-order chi connectivity index (χ0) is 15.9. The number of benzene rings is 1. The first-order chi connectivity index (χ1) is 9.82. The van der Waals surface area contributed by atoms with Gasteiger partial charge in [0.15, 0.2) is 0 Å². The van der Waals surface area contributed by atoms with Crippen molar-refractivity contribution in [1.82, 2.24) is 9.62 Å². The number of hydrogen-bond acceptors (Lipinski definition) is 3. The number of rotatable bonds is 8. The van der Waals surface area contributed by atoms with Crippen LogP contribution in [0.2, 0.25) is 0 Å². The van der Waals surface area contributed by atoms with Gasteiger partial charge in [0.25, 0.3) is 0 Å². The van der Waals surface area contributed by atoms with Gasteiger partial charge in [-0.2, -0.15) is 0 Å². The molecular weight excluding hydrogens is 295 g/mol. The van der Waals surface area contributed by atoms with Gasteiger partial charge in [-0.05, 0) is 24.1 Å². The van der Waals surface area contributed by atoms with Crippen molar-refractivity contribution in [1.29, 1.82) is 0 Å². The molecule has 0 aromatic heterocycles. The summed E-state index contributed by atoms with van der Waals surface area (Å²) in [5.74, 6) is -0.642. The standard InChI is InChI=1S/C14H21FN2O3S/c1-3-8-17(21(2,19)20)9-7-16-14(18)11-12-5-4-6-13(15)10-12/h4-6,10H,3,7-9,11H2,1-2H3,(H,16,18). The van der Waals surface area contributed by atoms with Gasteiger partial charge in [-0.25, -0.2) is 17.1 Å². The fourth-order valence-electron chi connectivity index (χ4n) is 1.91. The predicted molar refractivity (Wildman–Crippen MR) is 79.8 cm³/mol. The number of hydrogen-bond donors (Lipinski definition) is 1. The molecule has 0 aliphatic heterocycles. The lowest BCUT2D eigenvalue weighted by molar-refractivity contribution is -0.120. The Labute approximate surface area is 125 Å². The highest BCUT2D eigenvalue weighted by atomic mass is 32.2. The second-order valence-electron chi connectivity index (χ2n) is 4.82. The van der Waals surface area contributed by atoms with Crippen molar-refractivity contribution in [3.63, 3.8) is 0 Å². The molecule has 0 saturated carbocycles. The molecule has 0 fully saturated rings. The molecule has 1 amide bonds. The molecule has 0 heterocycles.